The van der Waals surface area contributed by atoms with Gasteiger partial charge in [-0.25, -0.2) is 52.7 Å². The molecule has 270 valence electrons. The molecule has 14 heteroatoms. The van der Waals surface area contributed by atoms with E-state index < -0.39 is 120 Å². The molecule has 0 bridgehead atoms. The molecule has 0 heterocycles. The second kappa shape index (κ2) is 14.7. The van der Waals surface area contributed by atoms with Crippen molar-refractivity contribution in [1.82, 2.24) is 0 Å². The molecule has 0 aromatic heterocycles. The predicted molar refractivity (Wildman–Crippen MR) is 168 cm³/mol. The van der Waals surface area contributed by atoms with Gasteiger partial charge in [-0.05, 0) is 75.6 Å². The zero-order valence-electron chi connectivity index (χ0n) is 28.0. The van der Waals surface area contributed by atoms with Crippen LogP contribution in [0.25, 0.3) is 0 Å². The normalized spacial score (nSPS) is 13.9. The Kier molecular flexibility index (Phi) is 11.5. The van der Waals surface area contributed by atoms with Crippen LogP contribution in [0.3, 0.4) is 0 Å². The summed E-state index contributed by atoms with van der Waals surface area (Å²) < 4.78 is 181. The number of halogens is 12. The summed E-state index contributed by atoms with van der Waals surface area (Å²) in [4.78, 5) is 1.65. The minimum Gasteiger partial charge on any atom is -0.337 e. The van der Waals surface area contributed by atoms with Crippen LogP contribution >= 0.6 is 0 Å². The summed E-state index contributed by atoms with van der Waals surface area (Å²) in [6, 6.07) is 0.477. The highest BCUT2D eigenvalue weighted by Gasteiger charge is 2.46. The third-order valence-corrected chi connectivity index (χ3v) is 9.97. The van der Waals surface area contributed by atoms with Crippen molar-refractivity contribution in [2.24, 2.45) is 0 Å². The zero-order valence-corrected chi connectivity index (χ0v) is 28.0. The van der Waals surface area contributed by atoms with Crippen LogP contribution in [-0.4, -0.2) is 26.3 Å². The number of benzene rings is 4. The highest BCUT2D eigenvalue weighted by Crippen LogP contribution is 2.28. The van der Waals surface area contributed by atoms with Gasteiger partial charge in [-0.2, -0.15) is 21.9 Å². The highest BCUT2D eigenvalue weighted by molar-refractivity contribution is 7.20. The molecule has 1 saturated carbocycles. The lowest BCUT2D eigenvalue weighted by Crippen LogP contribution is -3.10. The molecule has 0 atom stereocenters. The molecule has 4 aromatic carbocycles. The van der Waals surface area contributed by atoms with E-state index in [9.17, 15) is 17.6 Å². The summed E-state index contributed by atoms with van der Waals surface area (Å²) in [6.45, 7) is 2.67. The first-order valence-corrected chi connectivity index (χ1v) is 15.8. The van der Waals surface area contributed by atoms with E-state index in [0.717, 1.165) is 6.04 Å². The van der Waals surface area contributed by atoms with Crippen LogP contribution in [0.1, 0.15) is 54.4 Å². The highest BCUT2D eigenvalue weighted by atomic mass is 19.2. The van der Waals surface area contributed by atoms with Crippen molar-refractivity contribution in [2.75, 3.05) is 14.1 Å². The molecule has 0 unspecified atom stereocenters. The van der Waals surface area contributed by atoms with Crippen LogP contribution in [0.2, 0.25) is 0 Å². The minimum absolute atomic E-state index is 0.123. The quantitative estimate of drug-likeness (QED) is 0.138. The number of quaternary nitrogens is 1. The van der Waals surface area contributed by atoms with E-state index >= 15 is 35.1 Å². The van der Waals surface area contributed by atoms with Gasteiger partial charge in [-0.1, -0.05) is 6.42 Å². The minimum atomic E-state index is -4.68. The molecule has 0 spiro atoms. The summed E-state index contributed by atoms with van der Waals surface area (Å²) in [5, 5.41) is 0. The van der Waals surface area contributed by atoms with Crippen molar-refractivity contribution in [2.45, 2.75) is 65.8 Å². The molecule has 1 N–H and O–H groups in total. The van der Waals surface area contributed by atoms with Crippen LogP contribution in [0.4, 0.5) is 52.7 Å². The standard InChI is InChI=1S/C28H16BF12.C8H17N/c1-9-21(13(30)5-17(34)25(9)38)29(22-10(2)26(39)18(35)6-14(22)31,23-11(3)27(40)19(36)7-15(23)32)24-12(4)28(41)20(37)8-16(24)33;1-9(2)8-6-4-3-5-7-8/h5-8H,1-4H3;8H,3-7H2,1-2H3/q-1;/p+1. The van der Waals surface area contributed by atoms with E-state index in [0.29, 0.717) is 27.7 Å². The second-order valence-electron chi connectivity index (χ2n) is 13.0. The Morgan fingerprint density at radius 1 is 0.420 bits per heavy atom. The maximum atomic E-state index is 15.9. The monoisotopic (exact) mass is 719 g/mol. The summed E-state index contributed by atoms with van der Waals surface area (Å²) >= 11 is 0. The summed E-state index contributed by atoms with van der Waals surface area (Å²) in [7, 11) is 4.55. The third-order valence-electron chi connectivity index (χ3n) is 9.97. The number of hydrogen-bond donors (Lipinski definition) is 1. The van der Waals surface area contributed by atoms with Crippen molar-refractivity contribution < 1.29 is 57.6 Å². The molecule has 0 amide bonds. The van der Waals surface area contributed by atoms with Gasteiger partial charge in [0.1, 0.15) is 6.15 Å². The van der Waals surface area contributed by atoms with Gasteiger partial charge in [0, 0.05) is 24.3 Å². The topological polar surface area (TPSA) is 4.44 Å². The van der Waals surface area contributed by atoms with Gasteiger partial charge in [-0.15, -0.1) is 0 Å². The van der Waals surface area contributed by atoms with Crippen LogP contribution in [0.15, 0.2) is 24.3 Å². The van der Waals surface area contributed by atoms with Crippen molar-refractivity contribution in [3.8, 4) is 0 Å². The molecule has 0 saturated heterocycles. The van der Waals surface area contributed by atoms with Crippen molar-refractivity contribution in [3.05, 3.63) is 116 Å². The Labute approximate surface area is 281 Å². The van der Waals surface area contributed by atoms with Crippen LogP contribution in [0, 0.1) is 97.5 Å². The van der Waals surface area contributed by atoms with Crippen LogP contribution in [-0.2, 0) is 0 Å². The smallest absolute Gasteiger partial charge is 0.161 e. The molecule has 1 fully saturated rings. The fourth-order valence-corrected chi connectivity index (χ4v) is 7.59. The molecular formula is C36H34BF12N. The maximum absolute atomic E-state index is 15.9. The number of hydrogen-bond acceptors (Lipinski definition) is 0. The summed E-state index contributed by atoms with van der Waals surface area (Å²) in [5.74, 6) is -22.3. The van der Waals surface area contributed by atoms with Crippen molar-refractivity contribution in [1.29, 1.82) is 0 Å². The molecule has 1 aliphatic rings. The molecular weight excluding hydrogens is 685 g/mol. The Morgan fingerprint density at radius 2 is 0.660 bits per heavy atom. The Hall–Kier alpha value is -3.94. The van der Waals surface area contributed by atoms with Crippen LogP contribution in [0.5, 0.6) is 0 Å². The molecule has 50 heavy (non-hydrogen) atoms. The Balaban J connectivity index is 0.000000541. The van der Waals surface area contributed by atoms with Gasteiger partial charge in [0.15, 0.2) is 46.5 Å². The molecule has 5 rings (SSSR count). The average Bonchev–Trinajstić information content (AvgIpc) is 3.04. The van der Waals surface area contributed by atoms with Gasteiger partial charge in [0.25, 0.3) is 0 Å². The largest absolute Gasteiger partial charge is 0.337 e. The lowest BCUT2D eigenvalue weighted by Gasteiger charge is -2.48. The van der Waals surface area contributed by atoms with E-state index in [1.165, 1.54) is 32.1 Å². The van der Waals surface area contributed by atoms with E-state index in [1.807, 2.05) is 0 Å². The SMILES string of the molecule is C[NH+](C)C1CCCCC1.Cc1c(F)c(F)cc(F)c1[B-](c1c(F)cc(F)c(F)c1C)(c1c(F)cc(F)c(F)c1C)c1c(F)cc(F)c(F)c1C. The molecule has 4 aromatic rings. The summed E-state index contributed by atoms with van der Waals surface area (Å²) in [6.07, 6.45) is 2.65. The van der Waals surface area contributed by atoms with Crippen LogP contribution < -0.4 is 26.8 Å². The summed E-state index contributed by atoms with van der Waals surface area (Å²) in [5.41, 5.74) is -9.90. The molecule has 1 nitrogen and oxygen atoms in total. The number of rotatable bonds is 5. The fraction of sp³-hybridized carbons (Fsp3) is 0.333. The predicted octanol–water partition coefficient (Wildman–Crippen LogP) is 6.43. The van der Waals surface area contributed by atoms with Gasteiger partial charge in [0.05, 0.1) is 43.4 Å². The number of nitrogens with one attached hydrogen (secondary N) is 1. The fourth-order valence-electron chi connectivity index (χ4n) is 7.59. The molecule has 0 aliphatic heterocycles. The first-order chi connectivity index (χ1) is 23.3. The van der Waals surface area contributed by atoms with Crippen molar-refractivity contribution in [3.63, 3.8) is 0 Å². The van der Waals surface area contributed by atoms with E-state index in [-0.39, 0.29) is 24.3 Å². The average molecular weight is 719 g/mol. The maximum Gasteiger partial charge on any atom is 0.161 e. The third kappa shape index (κ3) is 6.51. The zero-order chi connectivity index (χ0) is 37.6. The molecule has 0 radical (unpaired) electrons. The first kappa shape index (κ1) is 38.9. The van der Waals surface area contributed by atoms with E-state index in [2.05, 4.69) is 14.1 Å². The lowest BCUT2D eigenvalue weighted by atomic mass is 9.11. The van der Waals surface area contributed by atoms with Gasteiger partial charge >= 0.3 is 0 Å². The second-order valence-corrected chi connectivity index (χ2v) is 13.0. The van der Waals surface area contributed by atoms with Crippen molar-refractivity contribution >= 4 is 28.0 Å². The van der Waals surface area contributed by atoms with Gasteiger partial charge in [0.2, 0.25) is 0 Å². The Morgan fingerprint density at radius 3 is 0.860 bits per heavy atom. The lowest BCUT2D eigenvalue weighted by molar-refractivity contribution is -0.887. The Bertz CT molecular complexity index is 1690. The first-order valence-electron chi connectivity index (χ1n) is 15.8. The van der Waals surface area contributed by atoms with Gasteiger partial charge in [-0.3, -0.25) is 0 Å². The van der Waals surface area contributed by atoms with Gasteiger partial charge < -0.3 is 4.90 Å². The van der Waals surface area contributed by atoms with E-state index in [4.69, 9.17) is 0 Å². The van der Waals surface area contributed by atoms with E-state index in [1.54, 1.807) is 4.90 Å². The molecule has 1 aliphatic carbocycles.